The van der Waals surface area contributed by atoms with Gasteiger partial charge in [0.05, 0.1) is 6.04 Å². The normalized spacial score (nSPS) is 13.4. The highest BCUT2D eigenvalue weighted by atomic mass is 19.2. The third-order valence-electron chi connectivity index (χ3n) is 3.97. The van der Waals surface area contributed by atoms with Gasteiger partial charge in [-0.3, -0.25) is 9.78 Å². The second kappa shape index (κ2) is 18.5. The molecule has 0 saturated heterocycles. The van der Waals surface area contributed by atoms with Crippen molar-refractivity contribution in [3.8, 4) is 25.7 Å². The Morgan fingerprint density at radius 1 is 1.03 bits per heavy atom. The minimum atomic E-state index is -0.833. The van der Waals surface area contributed by atoms with E-state index in [9.17, 15) is 13.6 Å². The average molecular weight is 489 g/mol. The summed E-state index contributed by atoms with van der Waals surface area (Å²) in [6.45, 7) is 6.69. The van der Waals surface area contributed by atoms with E-state index in [0.717, 1.165) is 56.0 Å². The molecular formula is C27H34F2N2O4. The van der Waals surface area contributed by atoms with Gasteiger partial charge in [0.15, 0.2) is 11.6 Å². The predicted molar refractivity (Wildman–Crippen MR) is 133 cm³/mol. The summed E-state index contributed by atoms with van der Waals surface area (Å²) < 4.78 is 29.2. The number of fused-ring (bicyclic) bond motifs is 1. The van der Waals surface area contributed by atoms with Crippen LogP contribution in [0.15, 0.2) is 42.6 Å². The summed E-state index contributed by atoms with van der Waals surface area (Å²) in [7, 11) is 0. The largest absolute Gasteiger partial charge is 0.481 e. The summed E-state index contributed by atoms with van der Waals surface area (Å²) in [5, 5.41) is 10.4. The van der Waals surface area contributed by atoms with Crippen molar-refractivity contribution in [2.24, 2.45) is 0 Å². The molecule has 2 N–H and O–H groups in total. The fraction of sp³-hybridized carbons (Fsp3) is 0.370. The van der Waals surface area contributed by atoms with Crippen molar-refractivity contribution in [2.45, 2.75) is 65.0 Å². The summed E-state index contributed by atoms with van der Waals surface area (Å²) in [5.41, 5.74) is 1.76. The summed E-state index contributed by atoms with van der Waals surface area (Å²) in [5.74, 6) is -2.43. The van der Waals surface area contributed by atoms with Crippen molar-refractivity contribution in [2.75, 3.05) is 0 Å². The number of carbonyl (C=O) groups is 2. The number of nitrogens with one attached hydrogen (secondary N) is 1. The van der Waals surface area contributed by atoms with Crippen LogP contribution in [-0.2, 0) is 16.0 Å². The maximum Gasteiger partial charge on any atom is 0.408 e. The molecule has 0 saturated carbocycles. The van der Waals surface area contributed by atoms with Gasteiger partial charge in [0, 0.05) is 18.8 Å². The molecule has 0 aliphatic heterocycles. The van der Waals surface area contributed by atoms with Gasteiger partial charge in [0.2, 0.25) is 0 Å². The number of rotatable bonds is 1. The van der Waals surface area contributed by atoms with E-state index in [1.165, 1.54) is 12.1 Å². The Morgan fingerprint density at radius 3 is 2.00 bits per heavy atom. The van der Waals surface area contributed by atoms with E-state index in [4.69, 9.17) is 14.6 Å². The maximum absolute atomic E-state index is 11.9. The van der Waals surface area contributed by atoms with Crippen LogP contribution in [0.2, 0.25) is 0 Å². The topological polar surface area (TPSA) is 88.5 Å². The maximum atomic E-state index is 11.9. The average Bonchev–Trinajstić information content (AvgIpc) is 3.00. The van der Waals surface area contributed by atoms with E-state index >= 15 is 0 Å². The highest BCUT2D eigenvalue weighted by Gasteiger charge is 2.23. The van der Waals surface area contributed by atoms with Gasteiger partial charge in [-0.1, -0.05) is 24.6 Å². The van der Waals surface area contributed by atoms with E-state index < -0.39 is 23.2 Å². The Balaban J connectivity index is 0. The van der Waals surface area contributed by atoms with Crippen LogP contribution < -0.4 is 5.32 Å². The van der Waals surface area contributed by atoms with Crippen LogP contribution >= 0.6 is 0 Å². The lowest BCUT2D eigenvalue weighted by Crippen LogP contribution is -2.35. The van der Waals surface area contributed by atoms with Crippen LogP contribution in [0.5, 0.6) is 0 Å². The molecule has 1 atom stereocenters. The quantitative estimate of drug-likeness (QED) is 0.384. The zero-order chi connectivity index (χ0) is 27.4. The lowest BCUT2D eigenvalue weighted by atomic mass is 10.0. The molecule has 6 nitrogen and oxygen atoms in total. The molecule has 1 aromatic heterocycles. The molecule has 1 aromatic carbocycles. The van der Waals surface area contributed by atoms with Gasteiger partial charge in [-0.2, -0.15) is 0 Å². The van der Waals surface area contributed by atoms with Crippen molar-refractivity contribution in [1.29, 1.82) is 0 Å². The summed E-state index contributed by atoms with van der Waals surface area (Å²) in [4.78, 5) is 25.3. The van der Waals surface area contributed by atoms with Gasteiger partial charge in [-0.05, 0) is 63.8 Å². The lowest BCUT2D eigenvalue weighted by molar-refractivity contribution is -0.134. The number of benzene rings is 1. The number of carboxylic acid groups (broad SMARTS) is 1. The first-order valence-electron chi connectivity index (χ1n) is 10.7. The van der Waals surface area contributed by atoms with Gasteiger partial charge in [0.25, 0.3) is 5.97 Å². The molecule has 0 spiro atoms. The molecule has 0 fully saturated rings. The Hall–Kier alpha value is -3.91. The molecule has 0 unspecified atom stereocenters. The van der Waals surface area contributed by atoms with Crippen LogP contribution in [0.4, 0.5) is 13.6 Å². The van der Waals surface area contributed by atoms with Gasteiger partial charge in [-0.25, -0.2) is 13.6 Å². The summed E-state index contributed by atoms with van der Waals surface area (Å²) in [6, 6.07) is 9.03. The summed E-state index contributed by atoms with van der Waals surface area (Å²) >= 11 is 0. The Morgan fingerprint density at radius 2 is 1.54 bits per heavy atom. The molecule has 2 aromatic rings. The van der Waals surface area contributed by atoms with Crippen LogP contribution in [0.1, 0.15) is 64.3 Å². The molecule has 1 aliphatic rings. The first-order valence-corrected chi connectivity index (χ1v) is 10.7. The SMILES string of the molecule is C#C.C#C.CC(=O)O.CC(C)(C)OC(=O)N[C@H]1CCCCc2ncccc21.Fc1ccccc1F. The number of aliphatic carboxylic acids is 1. The van der Waals surface area contributed by atoms with Gasteiger partial charge in [-0.15, -0.1) is 25.7 Å². The molecule has 1 aliphatic carbocycles. The van der Waals surface area contributed by atoms with Crippen molar-refractivity contribution >= 4 is 12.1 Å². The number of hydrogen-bond acceptors (Lipinski definition) is 4. The third kappa shape index (κ3) is 16.4. The number of halogens is 2. The molecule has 190 valence electrons. The Kier molecular flexibility index (Phi) is 17.6. The fourth-order valence-corrected chi connectivity index (χ4v) is 2.81. The zero-order valence-electron chi connectivity index (χ0n) is 20.6. The monoisotopic (exact) mass is 488 g/mol. The predicted octanol–water partition coefficient (Wildman–Crippen LogP) is 5.93. The Labute approximate surface area is 207 Å². The number of pyridine rings is 1. The first-order chi connectivity index (χ1) is 16.5. The number of carbonyl (C=O) groups excluding carboxylic acids is 1. The highest BCUT2D eigenvalue weighted by molar-refractivity contribution is 5.68. The van der Waals surface area contributed by atoms with Crippen LogP contribution in [-0.4, -0.2) is 27.8 Å². The minimum Gasteiger partial charge on any atom is -0.481 e. The molecule has 0 bridgehead atoms. The molecule has 8 heteroatoms. The van der Waals surface area contributed by atoms with E-state index in [0.29, 0.717) is 0 Å². The smallest absolute Gasteiger partial charge is 0.408 e. The number of amides is 1. The van der Waals surface area contributed by atoms with Gasteiger partial charge < -0.3 is 15.2 Å². The second-order valence-corrected chi connectivity index (χ2v) is 7.92. The third-order valence-corrected chi connectivity index (χ3v) is 3.97. The minimum absolute atomic E-state index is 0.0149. The van der Waals surface area contributed by atoms with Crippen molar-refractivity contribution in [3.63, 3.8) is 0 Å². The van der Waals surface area contributed by atoms with E-state index in [-0.39, 0.29) is 12.1 Å². The molecule has 35 heavy (non-hydrogen) atoms. The highest BCUT2D eigenvalue weighted by Crippen LogP contribution is 2.27. The van der Waals surface area contributed by atoms with E-state index in [2.05, 4.69) is 42.1 Å². The van der Waals surface area contributed by atoms with Gasteiger partial charge in [0.1, 0.15) is 5.60 Å². The van der Waals surface area contributed by atoms with Crippen LogP contribution in [0.25, 0.3) is 0 Å². The standard InChI is InChI=1S/C15H22N2O2.C6H4F2.C2H4O2.2C2H2/c1-15(2,3)19-14(18)17-13-9-5-4-8-12-11(13)7-6-10-16-12;7-5-3-1-2-4-6(5)8;1-2(3)4;2*1-2/h6-7,10,13H,4-5,8-9H2,1-3H3,(H,17,18);1-4H;1H3,(H,3,4);2*1-2H/t13-;;;;/m0..../s1. The van der Waals surface area contributed by atoms with Crippen molar-refractivity contribution < 1.29 is 28.2 Å². The number of hydrogen-bond donors (Lipinski definition) is 2. The summed E-state index contributed by atoms with van der Waals surface area (Å²) in [6.07, 6.45) is 21.6. The Bertz CT molecular complexity index is 906. The van der Waals surface area contributed by atoms with Crippen LogP contribution in [0.3, 0.4) is 0 Å². The van der Waals surface area contributed by atoms with E-state index in [1.54, 1.807) is 0 Å². The molecule has 0 radical (unpaired) electrons. The molecule has 3 rings (SSSR count). The number of ether oxygens (including phenoxy) is 1. The number of nitrogens with zero attached hydrogens (tertiary/aromatic N) is 1. The number of aromatic nitrogens is 1. The van der Waals surface area contributed by atoms with Gasteiger partial charge >= 0.3 is 6.09 Å². The molecular weight excluding hydrogens is 454 g/mol. The van der Waals surface area contributed by atoms with Crippen LogP contribution in [0, 0.1) is 37.3 Å². The number of carboxylic acids is 1. The number of aryl methyl sites for hydroxylation is 1. The second-order valence-electron chi connectivity index (χ2n) is 7.92. The van der Waals surface area contributed by atoms with Crippen molar-refractivity contribution in [3.05, 3.63) is 65.5 Å². The van der Waals surface area contributed by atoms with E-state index in [1.807, 2.05) is 33.0 Å². The van der Waals surface area contributed by atoms with Crippen molar-refractivity contribution in [1.82, 2.24) is 10.3 Å². The fourth-order valence-electron chi connectivity index (χ4n) is 2.81. The number of terminal acetylenes is 2. The number of alkyl carbamates (subject to hydrolysis) is 1. The first kappa shape index (κ1) is 33.3. The molecule has 1 heterocycles. The molecule has 1 amide bonds. The zero-order valence-corrected chi connectivity index (χ0v) is 20.6. The lowest BCUT2D eigenvalue weighted by Gasteiger charge is -2.23.